The quantitative estimate of drug-likeness (QED) is 0.0225. The van der Waals surface area contributed by atoms with Gasteiger partial charge in [0.1, 0.15) is 0 Å². The first-order chi connectivity index (χ1) is 57.9. The third-order valence-corrected chi connectivity index (χ3v) is 33.9. The fourth-order valence-electron chi connectivity index (χ4n) is 23.8. The number of nitrogens with one attached hydrogen (secondary N) is 6. The van der Waals surface area contributed by atoms with Crippen molar-refractivity contribution in [2.45, 2.75) is 329 Å². The molecule has 9 nitrogen and oxygen atoms in total. The van der Waals surface area contributed by atoms with Gasteiger partial charge in [0.15, 0.2) is 0 Å². The van der Waals surface area contributed by atoms with Gasteiger partial charge in [-0.3, -0.25) is 10.1 Å². The molecule has 8 fully saturated rings. The first-order valence-corrected chi connectivity index (χ1v) is 49.7. The average Bonchev–Trinajstić information content (AvgIpc) is 1.56. The summed E-state index contributed by atoms with van der Waals surface area (Å²) in [6.45, 7) is 39.5. The zero-order valence-electron chi connectivity index (χ0n) is 77.7. The first kappa shape index (κ1) is 93.9. The fraction of sp³-hybridized carbons (Fsp3) is 0.620. The fourth-order valence-corrected chi connectivity index (χ4v) is 25.3. The molecule has 122 heavy (non-hydrogen) atoms. The van der Waals surface area contributed by atoms with E-state index in [1.807, 2.05) is 74.6 Å². The van der Waals surface area contributed by atoms with E-state index in [4.69, 9.17) is 69.1 Å². The maximum atomic E-state index is 7.72. The lowest BCUT2D eigenvalue weighted by atomic mass is 9.72. The number of fused-ring (bicyclic) bond motifs is 8. The van der Waals surface area contributed by atoms with Crippen LogP contribution < -0.4 is 5.73 Å². The molecule has 8 saturated carbocycles. The first-order valence-electron chi connectivity index (χ1n) is 47.8. The van der Waals surface area contributed by atoms with Gasteiger partial charge in [-0.15, -0.1) is 0 Å². The lowest BCUT2D eigenvalue weighted by Crippen LogP contribution is -2.21. The molecule has 18 rings (SSSR count). The topological polar surface area (TPSA) is 155 Å². The number of allylic oxidation sites excluding steroid dienone is 2. The number of hydrogen-bond donors (Lipinski definition) is 7. The molecule has 10 aromatic rings. The number of aromatic amines is 5. The summed E-state index contributed by atoms with van der Waals surface area (Å²) in [5.74, 6) is 11.5. The molecule has 0 aliphatic heterocycles. The molecule has 8 aliphatic rings. The Balaban J connectivity index is 0.000000126. The van der Waals surface area contributed by atoms with Crippen molar-refractivity contribution in [1.29, 1.82) is 5.41 Å². The molecular weight excluding hydrogens is 1600 g/mol. The summed E-state index contributed by atoms with van der Waals surface area (Å²) in [5, 5.41) is 25.4. The van der Waals surface area contributed by atoms with Crippen LogP contribution in [0.15, 0.2) is 115 Å². The highest BCUT2D eigenvalue weighted by Gasteiger charge is 2.63. The molecule has 0 bridgehead atoms. The number of H-pyrrole nitrogens is 5. The molecule has 8 N–H and O–H groups in total. The van der Waals surface area contributed by atoms with Crippen LogP contribution in [0.4, 0.5) is 0 Å². The van der Waals surface area contributed by atoms with Crippen LogP contribution in [0.5, 0.6) is 0 Å². The number of nitrogens with two attached hydrogens (primary N) is 1. The molecular formula is C108H152Cl5N9. The van der Waals surface area contributed by atoms with Crippen molar-refractivity contribution < 1.29 is 0 Å². The van der Waals surface area contributed by atoms with Gasteiger partial charge in [-0.2, -0.15) is 5.10 Å². The number of nitrogens with zero attached hydrogens (tertiary/aromatic N) is 2. The van der Waals surface area contributed by atoms with E-state index >= 15 is 0 Å². The molecule has 0 radical (unpaired) electrons. The third kappa shape index (κ3) is 23.2. The van der Waals surface area contributed by atoms with Crippen LogP contribution >= 0.6 is 58.0 Å². The van der Waals surface area contributed by atoms with Gasteiger partial charge < -0.3 is 31.1 Å². The van der Waals surface area contributed by atoms with Crippen molar-refractivity contribution in [2.24, 2.45) is 103 Å². The van der Waals surface area contributed by atoms with Crippen molar-refractivity contribution >= 4 is 118 Å². The number of aryl methyl sites for hydroxylation is 5. The minimum atomic E-state index is 0.437. The van der Waals surface area contributed by atoms with Gasteiger partial charge in [0.2, 0.25) is 0 Å². The summed E-state index contributed by atoms with van der Waals surface area (Å²) in [7, 11) is 0. The monoisotopic (exact) mass is 1750 g/mol. The Morgan fingerprint density at radius 2 is 0.918 bits per heavy atom. The van der Waals surface area contributed by atoms with Gasteiger partial charge in [0, 0.05) is 91.1 Å². The van der Waals surface area contributed by atoms with E-state index in [2.05, 4.69) is 176 Å². The highest BCUT2D eigenvalue weighted by atomic mass is 35.5. The van der Waals surface area contributed by atoms with Crippen LogP contribution in [0.1, 0.15) is 330 Å². The predicted molar refractivity (Wildman–Crippen MR) is 526 cm³/mol. The number of pyridine rings is 1. The Hall–Kier alpha value is -5.68. The molecule has 6 aromatic heterocycles. The minimum absolute atomic E-state index is 0.437. The lowest BCUT2D eigenvalue weighted by molar-refractivity contribution is 0.183. The highest BCUT2D eigenvalue weighted by molar-refractivity contribution is 6.37. The number of unbranched alkanes of at least 4 members (excludes halogenated alkanes) is 1. The van der Waals surface area contributed by atoms with Crippen molar-refractivity contribution in [3.8, 4) is 0 Å². The zero-order valence-corrected chi connectivity index (χ0v) is 81.5. The van der Waals surface area contributed by atoms with E-state index in [1.165, 1.54) is 234 Å². The summed E-state index contributed by atoms with van der Waals surface area (Å²) in [6, 6.07) is 24.3. The van der Waals surface area contributed by atoms with E-state index in [9.17, 15) is 0 Å². The summed E-state index contributed by atoms with van der Waals surface area (Å²) in [4.78, 5) is 17.6. The Morgan fingerprint density at radius 1 is 0.484 bits per heavy atom. The molecule has 0 saturated heterocycles. The van der Waals surface area contributed by atoms with E-state index in [-0.39, 0.29) is 0 Å². The van der Waals surface area contributed by atoms with Crippen LogP contribution in [0, 0.1) is 110 Å². The number of benzene rings is 4. The zero-order chi connectivity index (χ0) is 87.4. The van der Waals surface area contributed by atoms with Crippen LogP contribution in [-0.2, 0) is 25.7 Å². The number of rotatable bonds is 25. The SMILES string of the molecule is CC(=N)/C(CCCC1CCC(C)(C)CC1)=C(/C)N.CC(CCC1C[C@@H]2[C@H](C1)C2(C)C)c1c[nH]c2cccc(Cl)c12.CC1(C)CCC(CCCc2c[nH]c3cccc(Cl)c23)CC1.CC1(C)[C@@H]2CC(CCCc3[nH]nc4cccc(Cl)c34)C[C@@H]21.CC1(C)[C@@H]2CC(CCCc3c[nH]c4cncc(Cl)c34)C[C@@H]21.Cc1[nH]c2cccc(Cl)c2c1CCCCC(C)(C)C. The second-order valence-corrected chi connectivity index (χ2v) is 46.4. The predicted octanol–water partition coefficient (Wildman–Crippen LogP) is 33.7. The van der Waals surface area contributed by atoms with Crippen molar-refractivity contribution in [2.75, 3.05) is 0 Å². The Bertz CT molecular complexity index is 4870. The summed E-state index contributed by atoms with van der Waals surface area (Å²) in [6.07, 6.45) is 52.2. The largest absolute Gasteiger partial charge is 0.402 e. The van der Waals surface area contributed by atoms with E-state index in [0.29, 0.717) is 44.1 Å². The van der Waals surface area contributed by atoms with Crippen LogP contribution in [-0.4, -0.2) is 40.8 Å². The Labute approximate surface area is 759 Å². The van der Waals surface area contributed by atoms with E-state index in [1.54, 1.807) is 6.20 Å². The molecule has 10 atom stereocenters. The summed E-state index contributed by atoms with van der Waals surface area (Å²) in [5.41, 5.74) is 25.5. The van der Waals surface area contributed by atoms with Crippen molar-refractivity contribution in [3.05, 3.63) is 174 Å². The van der Waals surface area contributed by atoms with Crippen molar-refractivity contribution in [3.63, 3.8) is 0 Å². The average molecular weight is 1750 g/mol. The molecule has 14 heteroatoms. The molecule has 6 heterocycles. The van der Waals surface area contributed by atoms with E-state index < -0.39 is 0 Å². The Kier molecular flexibility index (Phi) is 30.7. The van der Waals surface area contributed by atoms with Gasteiger partial charge in [0.05, 0.1) is 42.3 Å². The molecule has 0 spiro atoms. The van der Waals surface area contributed by atoms with Gasteiger partial charge in [0.25, 0.3) is 0 Å². The second kappa shape index (κ2) is 39.9. The van der Waals surface area contributed by atoms with Gasteiger partial charge >= 0.3 is 0 Å². The standard InChI is InChI=1S/C20H26ClN.C19H26ClN.2C18H23ClN2.C17H24ClN.C16H30N2/c1-12(7-8-13-9-15-16(10-13)20(15,2)3)14-11-22-18-6-4-5-17(21)19(14)18;1-19(2)11-9-14(10-12-19)5-3-6-15-13-21-17-8-4-7-16(20)18(15)17;1-18(2)12-9-11(10-13(12)18)5-3-7-15-17-14(19)6-4-8-16(17)21-20-15;1-18(2)13-6-11(7-14(13)18)4-3-5-12-8-21-16-10-20-9-15(19)17(12)16;1-12-13(8-5-6-11-17(2,3)4)16-14(18)9-7-10-15(16)19-12;1-12(17)15(13(2)18)7-5-6-14-8-10-16(3,4)11-9-14/h4-6,11-13,15-16,22H,7-10H2,1-3H3;4,7-8,13-14,21H,3,5-6,9-12H2,1-2H3;4,6,8,11-13H,3,5,7,9-10H2,1-2H3,(H,20,21);8-11,13-14,21H,3-7H2,1-2H3;7,9-10,19H,5-6,8,11H2,1-4H3;14,17H,5-11,18H2,1-4H3/b;;;;;15-13-,17-12?/t12?,13?,15-,16+;;11?,12-,13+;11?,13-,14+;;. The third-order valence-electron chi connectivity index (χ3n) is 32.3. The summed E-state index contributed by atoms with van der Waals surface area (Å²) >= 11 is 31.7. The molecule has 4 aromatic carbocycles. The number of hydrogen-bond acceptors (Lipinski definition) is 4. The van der Waals surface area contributed by atoms with E-state index in [0.717, 1.165) is 161 Å². The molecule has 8 aliphatic carbocycles. The van der Waals surface area contributed by atoms with Crippen LogP contribution in [0.2, 0.25) is 25.1 Å². The second-order valence-electron chi connectivity index (χ2n) is 44.4. The lowest BCUT2D eigenvalue weighted by Gasteiger charge is -2.34. The minimum Gasteiger partial charge on any atom is -0.402 e. The van der Waals surface area contributed by atoms with Gasteiger partial charge in [-0.1, -0.05) is 211 Å². The maximum absolute atomic E-state index is 7.72. The van der Waals surface area contributed by atoms with Crippen LogP contribution in [0.25, 0.3) is 54.5 Å². The van der Waals surface area contributed by atoms with Gasteiger partial charge in [-0.25, -0.2) is 0 Å². The van der Waals surface area contributed by atoms with Gasteiger partial charge in [-0.05, 0) is 374 Å². The molecule has 0 amide bonds. The maximum Gasteiger partial charge on any atom is 0.0938 e. The number of aromatic nitrogens is 7. The normalized spacial score (nSPS) is 24.1. The summed E-state index contributed by atoms with van der Waals surface area (Å²) < 4.78 is 0. The van der Waals surface area contributed by atoms with Crippen molar-refractivity contribution in [1.82, 2.24) is 35.1 Å². The highest BCUT2D eigenvalue weighted by Crippen LogP contribution is 2.71. The molecule has 664 valence electrons. The smallest absolute Gasteiger partial charge is 0.0938 e. The Morgan fingerprint density at radius 3 is 1.43 bits per heavy atom. The molecule has 4 unspecified atom stereocenters. The number of halogens is 5. The van der Waals surface area contributed by atoms with Crippen LogP contribution in [0.3, 0.4) is 0 Å².